The number of anilines is 1. The summed E-state index contributed by atoms with van der Waals surface area (Å²) in [5.41, 5.74) is 2.86. The number of amides is 1. The average Bonchev–Trinajstić information content (AvgIpc) is 2.78. The first-order valence-electron chi connectivity index (χ1n) is 9.62. The molecule has 9 heteroatoms. The molecular formula is C24H17I2N3O4. The van der Waals surface area contributed by atoms with Gasteiger partial charge in [-0.3, -0.25) is 14.9 Å². The predicted molar refractivity (Wildman–Crippen MR) is 143 cm³/mol. The number of ether oxygens (including phenoxy) is 1. The fourth-order valence-electron chi connectivity index (χ4n) is 2.85. The van der Waals surface area contributed by atoms with Gasteiger partial charge in [-0.05, 0) is 87.5 Å². The molecular weight excluding hydrogens is 648 g/mol. The van der Waals surface area contributed by atoms with Crippen LogP contribution in [0.5, 0.6) is 5.75 Å². The average molecular weight is 665 g/mol. The third kappa shape index (κ3) is 6.75. The van der Waals surface area contributed by atoms with Crippen LogP contribution in [0.1, 0.15) is 16.7 Å². The molecule has 0 radical (unpaired) electrons. The Morgan fingerprint density at radius 2 is 1.82 bits per heavy atom. The van der Waals surface area contributed by atoms with Crippen LogP contribution in [0, 0.1) is 35.5 Å². The Bertz CT molecular complexity index is 1260. The maximum Gasteiger partial charge on any atom is 0.271 e. The van der Waals surface area contributed by atoms with E-state index in [0.29, 0.717) is 12.2 Å². The van der Waals surface area contributed by atoms with Gasteiger partial charge in [0.05, 0.1) is 12.1 Å². The van der Waals surface area contributed by atoms with Crippen molar-refractivity contribution in [3.8, 4) is 11.8 Å². The summed E-state index contributed by atoms with van der Waals surface area (Å²) < 4.78 is 7.69. The summed E-state index contributed by atoms with van der Waals surface area (Å²) in [7, 11) is 0. The van der Waals surface area contributed by atoms with Crippen molar-refractivity contribution in [3.05, 3.63) is 100 Å². The maximum absolute atomic E-state index is 12.5. The van der Waals surface area contributed by atoms with Gasteiger partial charge in [-0.25, -0.2) is 0 Å². The third-order valence-corrected chi connectivity index (χ3v) is 6.12. The van der Waals surface area contributed by atoms with Gasteiger partial charge in [-0.1, -0.05) is 35.9 Å². The van der Waals surface area contributed by atoms with E-state index < -0.39 is 10.8 Å². The zero-order valence-corrected chi connectivity index (χ0v) is 21.7. The van der Waals surface area contributed by atoms with Crippen LogP contribution in [0.15, 0.2) is 66.2 Å². The Labute approximate surface area is 217 Å². The zero-order chi connectivity index (χ0) is 24.0. The number of nitrogens with one attached hydrogen (secondary N) is 1. The van der Waals surface area contributed by atoms with E-state index in [1.807, 2.05) is 49.4 Å². The second-order valence-electron chi connectivity index (χ2n) is 7.02. The van der Waals surface area contributed by atoms with Crippen LogP contribution < -0.4 is 10.1 Å². The zero-order valence-electron chi connectivity index (χ0n) is 17.3. The van der Waals surface area contributed by atoms with Gasteiger partial charge in [-0.15, -0.1) is 0 Å². The molecule has 0 heterocycles. The van der Waals surface area contributed by atoms with Crippen LogP contribution in [-0.4, -0.2) is 10.8 Å². The highest BCUT2D eigenvalue weighted by Crippen LogP contribution is 2.30. The molecule has 1 N–H and O–H groups in total. The Morgan fingerprint density at radius 3 is 2.42 bits per heavy atom. The number of hydrogen-bond acceptors (Lipinski definition) is 5. The maximum atomic E-state index is 12.5. The van der Waals surface area contributed by atoms with Crippen LogP contribution in [0.25, 0.3) is 6.08 Å². The standard InChI is InChI=1S/C24H17I2N3O4/c1-15-5-7-16(8-6-15)14-33-23-21(25)10-17(11-22(23)26)9-18(13-27)24(30)28-19-3-2-4-20(12-19)29(31)32/h2-12H,14H2,1H3,(H,28,30)/b18-9+. The van der Waals surface area contributed by atoms with E-state index in [9.17, 15) is 20.2 Å². The molecule has 7 nitrogen and oxygen atoms in total. The van der Waals surface area contributed by atoms with Gasteiger partial charge < -0.3 is 10.1 Å². The number of halogens is 2. The lowest BCUT2D eigenvalue weighted by Gasteiger charge is -2.12. The minimum absolute atomic E-state index is 0.124. The molecule has 0 fully saturated rings. The highest BCUT2D eigenvalue weighted by molar-refractivity contribution is 14.1. The minimum atomic E-state index is -0.650. The highest BCUT2D eigenvalue weighted by atomic mass is 127. The molecule has 0 spiro atoms. The Balaban J connectivity index is 1.77. The smallest absolute Gasteiger partial charge is 0.271 e. The molecule has 0 aliphatic rings. The van der Waals surface area contributed by atoms with E-state index >= 15 is 0 Å². The monoisotopic (exact) mass is 665 g/mol. The fourth-order valence-corrected chi connectivity index (χ4v) is 4.98. The summed E-state index contributed by atoms with van der Waals surface area (Å²) in [6.07, 6.45) is 1.47. The van der Waals surface area contributed by atoms with Gasteiger partial charge in [0, 0.05) is 17.8 Å². The van der Waals surface area contributed by atoms with Crippen molar-refractivity contribution in [2.24, 2.45) is 0 Å². The normalized spacial score (nSPS) is 10.9. The molecule has 0 unspecified atom stereocenters. The van der Waals surface area contributed by atoms with Crippen molar-refractivity contribution in [1.82, 2.24) is 0 Å². The number of aryl methyl sites for hydroxylation is 1. The Morgan fingerprint density at radius 1 is 1.15 bits per heavy atom. The first-order valence-corrected chi connectivity index (χ1v) is 11.8. The topological polar surface area (TPSA) is 105 Å². The molecule has 0 bridgehead atoms. The first kappa shape index (κ1) is 24.7. The number of nitrogens with zero attached hydrogens (tertiary/aromatic N) is 2. The Hall–Kier alpha value is -2.98. The molecule has 0 atom stereocenters. The van der Waals surface area contributed by atoms with Crippen molar-refractivity contribution < 1.29 is 14.5 Å². The molecule has 33 heavy (non-hydrogen) atoms. The van der Waals surface area contributed by atoms with Crippen LogP contribution in [0.3, 0.4) is 0 Å². The van der Waals surface area contributed by atoms with Crippen LogP contribution in [0.4, 0.5) is 11.4 Å². The minimum Gasteiger partial charge on any atom is -0.487 e. The van der Waals surface area contributed by atoms with Gasteiger partial charge in [0.1, 0.15) is 24.0 Å². The number of carbonyl (C=O) groups excluding carboxylic acids is 1. The van der Waals surface area contributed by atoms with Crippen molar-refractivity contribution >= 4 is 68.5 Å². The lowest BCUT2D eigenvalue weighted by molar-refractivity contribution is -0.384. The van der Waals surface area contributed by atoms with E-state index in [2.05, 4.69) is 50.5 Å². The van der Waals surface area contributed by atoms with Gasteiger partial charge in [0.25, 0.3) is 11.6 Å². The predicted octanol–water partition coefficient (Wildman–Crippen LogP) is 6.24. The second kappa shape index (κ2) is 11.2. The number of nitriles is 1. The molecule has 3 aromatic carbocycles. The van der Waals surface area contributed by atoms with Gasteiger partial charge in [0.15, 0.2) is 0 Å². The molecule has 0 aliphatic carbocycles. The fraction of sp³-hybridized carbons (Fsp3) is 0.0833. The van der Waals surface area contributed by atoms with Crippen LogP contribution >= 0.6 is 45.2 Å². The third-order valence-electron chi connectivity index (χ3n) is 4.52. The second-order valence-corrected chi connectivity index (χ2v) is 9.34. The molecule has 0 aromatic heterocycles. The van der Waals surface area contributed by atoms with E-state index in [-0.39, 0.29) is 16.9 Å². The highest BCUT2D eigenvalue weighted by Gasteiger charge is 2.14. The molecule has 0 aliphatic heterocycles. The summed E-state index contributed by atoms with van der Waals surface area (Å²) >= 11 is 4.32. The molecule has 0 saturated carbocycles. The SMILES string of the molecule is Cc1ccc(COc2c(I)cc(/C=C(\C#N)C(=O)Nc3cccc([N+](=O)[O-])c3)cc2I)cc1. The summed E-state index contributed by atoms with van der Waals surface area (Å²) in [5.74, 6) is 0.0798. The van der Waals surface area contributed by atoms with Crippen molar-refractivity contribution in [2.45, 2.75) is 13.5 Å². The van der Waals surface area contributed by atoms with Gasteiger partial charge >= 0.3 is 0 Å². The molecule has 3 rings (SSSR count). The van der Waals surface area contributed by atoms with Crippen LogP contribution in [-0.2, 0) is 11.4 Å². The van der Waals surface area contributed by atoms with Crippen molar-refractivity contribution in [1.29, 1.82) is 5.26 Å². The van der Waals surface area contributed by atoms with Crippen LogP contribution in [0.2, 0.25) is 0 Å². The van der Waals surface area contributed by atoms with E-state index in [4.69, 9.17) is 4.74 Å². The van der Waals surface area contributed by atoms with E-state index in [1.165, 1.54) is 35.9 Å². The van der Waals surface area contributed by atoms with Gasteiger partial charge in [0.2, 0.25) is 0 Å². The Kier molecular flexibility index (Phi) is 8.40. The molecule has 1 amide bonds. The number of non-ortho nitro benzene ring substituents is 1. The van der Waals surface area contributed by atoms with Crippen molar-refractivity contribution in [3.63, 3.8) is 0 Å². The quantitative estimate of drug-likeness (QED) is 0.106. The molecule has 3 aromatic rings. The van der Waals surface area contributed by atoms with Crippen molar-refractivity contribution in [2.75, 3.05) is 5.32 Å². The number of carbonyl (C=O) groups is 1. The number of benzene rings is 3. The lowest BCUT2D eigenvalue weighted by atomic mass is 10.1. The summed E-state index contributed by atoms with van der Waals surface area (Å²) in [5, 5.41) is 22.9. The molecule has 166 valence electrons. The number of rotatable bonds is 7. The summed E-state index contributed by atoms with van der Waals surface area (Å²) in [4.78, 5) is 22.9. The molecule has 0 saturated heterocycles. The van der Waals surface area contributed by atoms with E-state index in [0.717, 1.165) is 18.5 Å². The van der Waals surface area contributed by atoms with Gasteiger partial charge in [-0.2, -0.15) is 5.26 Å². The largest absolute Gasteiger partial charge is 0.487 e. The first-order chi connectivity index (χ1) is 15.8. The summed E-state index contributed by atoms with van der Waals surface area (Å²) in [6, 6.07) is 19.2. The number of nitro benzene ring substituents is 1. The number of hydrogen-bond donors (Lipinski definition) is 1. The number of nitro groups is 1. The lowest BCUT2D eigenvalue weighted by Crippen LogP contribution is -2.13. The summed E-state index contributed by atoms with van der Waals surface area (Å²) in [6.45, 7) is 2.46. The van der Waals surface area contributed by atoms with E-state index in [1.54, 1.807) is 0 Å².